The van der Waals surface area contributed by atoms with Gasteiger partial charge in [0.25, 0.3) is 5.91 Å². The number of para-hydroxylation sites is 1. The standard InChI is InChI=1S/C12H13NO4/c14-8-3-2-6-13(7-8)12(17)9-4-1-5-10(15)11(9)16/h1,4-5,15-16H,2-3,6-7H2. The lowest BCUT2D eigenvalue weighted by molar-refractivity contribution is -0.121. The predicted molar refractivity (Wildman–Crippen MR) is 59.9 cm³/mol. The molecule has 0 bridgehead atoms. The van der Waals surface area contributed by atoms with E-state index >= 15 is 0 Å². The van der Waals surface area contributed by atoms with Crippen molar-refractivity contribution >= 4 is 11.7 Å². The molecule has 1 heterocycles. The number of nitrogens with zero attached hydrogens (tertiary/aromatic N) is 1. The number of amides is 1. The van der Waals surface area contributed by atoms with Crippen molar-refractivity contribution in [3.63, 3.8) is 0 Å². The highest BCUT2D eigenvalue weighted by atomic mass is 16.3. The molecule has 1 aromatic carbocycles. The molecule has 5 nitrogen and oxygen atoms in total. The molecule has 0 radical (unpaired) electrons. The molecular formula is C12H13NO4. The number of piperidine rings is 1. The Bertz CT molecular complexity index is 470. The largest absolute Gasteiger partial charge is 0.504 e. The molecule has 17 heavy (non-hydrogen) atoms. The summed E-state index contributed by atoms with van der Waals surface area (Å²) in [5.41, 5.74) is 0.0275. The third kappa shape index (κ3) is 2.22. The van der Waals surface area contributed by atoms with Crippen molar-refractivity contribution in [2.24, 2.45) is 0 Å². The smallest absolute Gasteiger partial charge is 0.258 e. The summed E-state index contributed by atoms with van der Waals surface area (Å²) in [5, 5.41) is 18.9. The first-order valence-corrected chi connectivity index (χ1v) is 5.41. The van der Waals surface area contributed by atoms with Crippen molar-refractivity contribution in [2.75, 3.05) is 13.1 Å². The lowest BCUT2D eigenvalue weighted by Crippen LogP contribution is -2.40. The SMILES string of the molecule is O=C1CCCN(C(=O)c2cccc(O)c2O)C1. The molecular weight excluding hydrogens is 222 g/mol. The van der Waals surface area contributed by atoms with Gasteiger partial charge in [0.1, 0.15) is 0 Å². The first kappa shape index (κ1) is 11.4. The molecule has 0 unspecified atom stereocenters. The Morgan fingerprint density at radius 3 is 2.76 bits per heavy atom. The Kier molecular flexibility index (Phi) is 2.99. The summed E-state index contributed by atoms with van der Waals surface area (Å²) < 4.78 is 0. The van der Waals surface area contributed by atoms with Crippen molar-refractivity contribution in [3.05, 3.63) is 23.8 Å². The summed E-state index contributed by atoms with van der Waals surface area (Å²) in [5.74, 6) is -1.18. The average molecular weight is 235 g/mol. The van der Waals surface area contributed by atoms with Gasteiger partial charge in [-0.05, 0) is 18.6 Å². The van der Waals surface area contributed by atoms with E-state index in [2.05, 4.69) is 0 Å². The van der Waals surface area contributed by atoms with Gasteiger partial charge < -0.3 is 15.1 Å². The van der Waals surface area contributed by atoms with Crippen LogP contribution in [0.4, 0.5) is 0 Å². The van der Waals surface area contributed by atoms with Crippen LogP contribution in [0.25, 0.3) is 0 Å². The number of likely N-dealkylation sites (tertiary alicyclic amines) is 1. The fraction of sp³-hybridized carbons (Fsp3) is 0.333. The number of aromatic hydroxyl groups is 2. The van der Waals surface area contributed by atoms with Gasteiger partial charge in [-0.15, -0.1) is 0 Å². The molecule has 90 valence electrons. The van der Waals surface area contributed by atoms with Crippen molar-refractivity contribution in [1.82, 2.24) is 4.90 Å². The second-order valence-corrected chi connectivity index (χ2v) is 4.04. The number of carbonyl (C=O) groups excluding carboxylic acids is 2. The van der Waals surface area contributed by atoms with E-state index in [-0.39, 0.29) is 23.6 Å². The molecule has 0 aliphatic carbocycles. The van der Waals surface area contributed by atoms with Gasteiger partial charge in [-0.3, -0.25) is 9.59 Å². The molecule has 2 rings (SSSR count). The molecule has 5 heteroatoms. The molecule has 0 spiro atoms. The number of carbonyl (C=O) groups is 2. The number of phenolic OH excluding ortho intramolecular Hbond substituents is 2. The van der Waals surface area contributed by atoms with Crippen molar-refractivity contribution < 1.29 is 19.8 Å². The van der Waals surface area contributed by atoms with Gasteiger partial charge in [0.15, 0.2) is 17.3 Å². The van der Waals surface area contributed by atoms with E-state index < -0.39 is 11.7 Å². The van der Waals surface area contributed by atoms with Crippen LogP contribution in [0.5, 0.6) is 11.5 Å². The molecule has 0 saturated carbocycles. The Balaban J connectivity index is 2.24. The topological polar surface area (TPSA) is 77.8 Å². The predicted octanol–water partition coefficient (Wildman–Crippen LogP) is 0.903. The molecule has 1 amide bonds. The van der Waals surface area contributed by atoms with E-state index in [1.807, 2.05) is 0 Å². The van der Waals surface area contributed by atoms with Crippen LogP contribution in [0.2, 0.25) is 0 Å². The minimum atomic E-state index is -0.435. The third-order valence-electron chi connectivity index (χ3n) is 2.78. The van der Waals surface area contributed by atoms with Crippen LogP contribution in [-0.2, 0) is 4.79 Å². The molecule has 1 aliphatic rings. The number of rotatable bonds is 1. The number of Topliss-reactive ketones (excluding diaryl/α,β-unsaturated/α-hetero) is 1. The lowest BCUT2D eigenvalue weighted by Gasteiger charge is -2.26. The Morgan fingerprint density at radius 1 is 1.29 bits per heavy atom. The Labute approximate surface area is 98.3 Å². The Morgan fingerprint density at radius 2 is 2.06 bits per heavy atom. The third-order valence-corrected chi connectivity index (χ3v) is 2.78. The van der Waals surface area contributed by atoms with Crippen LogP contribution >= 0.6 is 0 Å². The maximum absolute atomic E-state index is 12.0. The van der Waals surface area contributed by atoms with Gasteiger partial charge in [-0.2, -0.15) is 0 Å². The molecule has 1 fully saturated rings. The maximum atomic E-state index is 12.0. The zero-order chi connectivity index (χ0) is 12.4. The summed E-state index contributed by atoms with van der Waals surface area (Å²) >= 11 is 0. The second-order valence-electron chi connectivity index (χ2n) is 4.04. The quantitative estimate of drug-likeness (QED) is 0.709. The number of phenols is 2. The summed E-state index contributed by atoms with van der Waals surface area (Å²) in [6.45, 7) is 0.577. The van der Waals surface area contributed by atoms with Crippen LogP contribution in [0.15, 0.2) is 18.2 Å². The zero-order valence-corrected chi connectivity index (χ0v) is 9.22. The van der Waals surface area contributed by atoms with Crippen molar-refractivity contribution in [1.29, 1.82) is 0 Å². The highest BCUT2D eigenvalue weighted by Gasteiger charge is 2.25. The number of hydrogen-bond donors (Lipinski definition) is 2. The van der Waals surface area contributed by atoms with Gasteiger partial charge in [-0.1, -0.05) is 6.07 Å². The number of hydrogen-bond acceptors (Lipinski definition) is 4. The number of ketones is 1. The van der Waals surface area contributed by atoms with Crippen LogP contribution in [0.1, 0.15) is 23.2 Å². The maximum Gasteiger partial charge on any atom is 0.258 e. The molecule has 1 aliphatic heterocycles. The van der Waals surface area contributed by atoms with E-state index in [1.165, 1.54) is 23.1 Å². The Hall–Kier alpha value is -2.04. The number of benzene rings is 1. The average Bonchev–Trinajstić information content (AvgIpc) is 2.32. The van der Waals surface area contributed by atoms with E-state index in [1.54, 1.807) is 0 Å². The lowest BCUT2D eigenvalue weighted by atomic mass is 10.1. The zero-order valence-electron chi connectivity index (χ0n) is 9.22. The fourth-order valence-corrected chi connectivity index (χ4v) is 1.89. The van der Waals surface area contributed by atoms with Crippen molar-refractivity contribution in [3.8, 4) is 11.5 Å². The minimum Gasteiger partial charge on any atom is -0.504 e. The summed E-state index contributed by atoms with van der Waals surface area (Å²) in [4.78, 5) is 24.7. The van der Waals surface area contributed by atoms with Crippen LogP contribution in [-0.4, -0.2) is 39.9 Å². The van der Waals surface area contributed by atoms with Gasteiger partial charge in [0, 0.05) is 13.0 Å². The second kappa shape index (κ2) is 4.45. The van der Waals surface area contributed by atoms with Gasteiger partial charge in [0.05, 0.1) is 12.1 Å². The minimum absolute atomic E-state index is 0.0178. The fourth-order valence-electron chi connectivity index (χ4n) is 1.89. The van der Waals surface area contributed by atoms with E-state index in [9.17, 15) is 19.8 Å². The summed E-state index contributed by atoms with van der Waals surface area (Å²) in [7, 11) is 0. The van der Waals surface area contributed by atoms with E-state index in [0.717, 1.165) is 0 Å². The van der Waals surface area contributed by atoms with E-state index in [4.69, 9.17) is 0 Å². The monoisotopic (exact) mass is 235 g/mol. The van der Waals surface area contributed by atoms with Gasteiger partial charge >= 0.3 is 0 Å². The first-order valence-electron chi connectivity index (χ1n) is 5.41. The van der Waals surface area contributed by atoms with Crippen molar-refractivity contribution in [2.45, 2.75) is 12.8 Å². The van der Waals surface area contributed by atoms with Crippen LogP contribution < -0.4 is 0 Å². The molecule has 1 aromatic rings. The normalized spacial score (nSPS) is 16.0. The van der Waals surface area contributed by atoms with Crippen LogP contribution in [0.3, 0.4) is 0 Å². The molecule has 2 N–H and O–H groups in total. The first-order chi connectivity index (χ1) is 8.09. The summed E-state index contributed by atoms with van der Waals surface area (Å²) in [6.07, 6.45) is 1.14. The molecule has 0 aromatic heterocycles. The molecule has 1 saturated heterocycles. The van der Waals surface area contributed by atoms with Gasteiger partial charge in [0.2, 0.25) is 0 Å². The van der Waals surface area contributed by atoms with Gasteiger partial charge in [-0.25, -0.2) is 0 Å². The summed E-state index contributed by atoms with van der Waals surface area (Å²) in [6, 6.07) is 4.21. The molecule has 0 atom stereocenters. The van der Waals surface area contributed by atoms with Crippen LogP contribution in [0, 0.1) is 0 Å². The van der Waals surface area contributed by atoms with E-state index in [0.29, 0.717) is 19.4 Å². The highest BCUT2D eigenvalue weighted by molar-refractivity contribution is 6.00. The highest BCUT2D eigenvalue weighted by Crippen LogP contribution is 2.29.